The van der Waals surface area contributed by atoms with E-state index >= 15 is 0 Å². The van der Waals surface area contributed by atoms with Gasteiger partial charge in [0.25, 0.3) is 5.91 Å². The standard InChI is InChI=1S/C12H16N2O2S/c1-2-10(6-13)12(16)14-11(7-15)5-9-3-4-17-8-9/h2-4,6,8,11,15H,1,5,7,13H2,(H,14,16)/b10-6+/t11-/m0/s1. The molecular formula is C12H16N2O2S. The molecule has 1 amide bonds. The zero-order valence-corrected chi connectivity index (χ0v) is 10.2. The van der Waals surface area contributed by atoms with E-state index in [0.29, 0.717) is 12.0 Å². The lowest BCUT2D eigenvalue weighted by Gasteiger charge is -2.15. The Kier molecular flexibility index (Phi) is 5.45. The van der Waals surface area contributed by atoms with Crippen molar-refractivity contribution in [2.75, 3.05) is 6.61 Å². The Labute approximate surface area is 104 Å². The maximum Gasteiger partial charge on any atom is 0.253 e. The van der Waals surface area contributed by atoms with Crippen LogP contribution in [0.4, 0.5) is 0 Å². The van der Waals surface area contributed by atoms with E-state index in [-0.39, 0.29) is 18.6 Å². The van der Waals surface area contributed by atoms with E-state index in [1.807, 2.05) is 16.8 Å². The highest BCUT2D eigenvalue weighted by Gasteiger charge is 2.13. The SMILES string of the molecule is C=C/C(=C\N)C(=O)N[C@H](CO)Cc1ccsc1. The minimum Gasteiger partial charge on any atom is -0.404 e. The average Bonchev–Trinajstić information content (AvgIpc) is 2.82. The maximum absolute atomic E-state index is 11.7. The molecular weight excluding hydrogens is 236 g/mol. The molecule has 0 aliphatic rings. The molecule has 0 unspecified atom stereocenters. The number of hydrogen-bond acceptors (Lipinski definition) is 4. The number of thiophene rings is 1. The van der Waals surface area contributed by atoms with Crippen molar-refractivity contribution in [1.82, 2.24) is 5.32 Å². The Bertz CT molecular complexity index is 399. The van der Waals surface area contributed by atoms with Gasteiger partial charge in [-0.1, -0.05) is 12.7 Å². The lowest BCUT2D eigenvalue weighted by Crippen LogP contribution is -2.39. The lowest BCUT2D eigenvalue weighted by atomic mass is 10.1. The van der Waals surface area contributed by atoms with E-state index in [0.717, 1.165) is 5.56 Å². The van der Waals surface area contributed by atoms with Gasteiger partial charge >= 0.3 is 0 Å². The molecule has 1 rings (SSSR count). The summed E-state index contributed by atoms with van der Waals surface area (Å²) < 4.78 is 0. The minimum absolute atomic E-state index is 0.115. The third-order valence-electron chi connectivity index (χ3n) is 2.28. The van der Waals surface area contributed by atoms with Crippen LogP contribution >= 0.6 is 11.3 Å². The smallest absolute Gasteiger partial charge is 0.253 e. The fraction of sp³-hybridized carbons (Fsp3) is 0.250. The molecule has 1 aromatic heterocycles. The molecule has 0 aromatic carbocycles. The van der Waals surface area contributed by atoms with Gasteiger partial charge in [-0.25, -0.2) is 0 Å². The molecule has 0 spiro atoms. The van der Waals surface area contributed by atoms with Gasteiger partial charge in [0.15, 0.2) is 0 Å². The Hall–Kier alpha value is -1.59. The third kappa shape index (κ3) is 4.05. The van der Waals surface area contributed by atoms with Crippen molar-refractivity contribution >= 4 is 17.2 Å². The van der Waals surface area contributed by atoms with Crippen LogP contribution in [0.25, 0.3) is 0 Å². The van der Waals surface area contributed by atoms with Crippen molar-refractivity contribution in [2.45, 2.75) is 12.5 Å². The number of nitrogens with one attached hydrogen (secondary N) is 1. The topological polar surface area (TPSA) is 75.4 Å². The molecule has 1 atom stereocenters. The predicted molar refractivity (Wildman–Crippen MR) is 69.5 cm³/mol. The van der Waals surface area contributed by atoms with Crippen molar-refractivity contribution < 1.29 is 9.90 Å². The molecule has 0 radical (unpaired) electrons. The van der Waals surface area contributed by atoms with Gasteiger partial charge in [0, 0.05) is 6.20 Å². The van der Waals surface area contributed by atoms with Crippen molar-refractivity contribution in [3.05, 3.63) is 46.8 Å². The molecule has 4 N–H and O–H groups in total. The molecule has 0 bridgehead atoms. The summed E-state index contributed by atoms with van der Waals surface area (Å²) in [6.45, 7) is 3.38. The average molecular weight is 252 g/mol. The van der Waals surface area contributed by atoms with Crippen LogP contribution in [0.2, 0.25) is 0 Å². The molecule has 17 heavy (non-hydrogen) atoms. The largest absolute Gasteiger partial charge is 0.404 e. The number of carbonyl (C=O) groups excluding carboxylic acids is 1. The van der Waals surface area contributed by atoms with Gasteiger partial charge in [0.05, 0.1) is 18.2 Å². The van der Waals surface area contributed by atoms with Crippen LogP contribution in [-0.2, 0) is 11.2 Å². The van der Waals surface area contributed by atoms with Gasteiger partial charge in [0.2, 0.25) is 0 Å². The fourth-order valence-corrected chi connectivity index (χ4v) is 2.04. The predicted octanol–water partition coefficient (Wildman–Crippen LogP) is 0.796. The van der Waals surface area contributed by atoms with Crippen LogP contribution in [0.5, 0.6) is 0 Å². The molecule has 5 heteroatoms. The highest BCUT2D eigenvalue weighted by molar-refractivity contribution is 7.07. The Morgan fingerprint density at radius 2 is 2.47 bits per heavy atom. The number of aliphatic hydroxyl groups is 1. The van der Waals surface area contributed by atoms with Crippen molar-refractivity contribution in [1.29, 1.82) is 0 Å². The molecule has 4 nitrogen and oxygen atoms in total. The van der Waals surface area contributed by atoms with Crippen molar-refractivity contribution in [3.63, 3.8) is 0 Å². The van der Waals surface area contributed by atoms with E-state index in [1.165, 1.54) is 12.3 Å². The highest BCUT2D eigenvalue weighted by atomic mass is 32.1. The summed E-state index contributed by atoms with van der Waals surface area (Å²) in [7, 11) is 0. The first-order chi connectivity index (χ1) is 8.21. The Morgan fingerprint density at radius 1 is 1.71 bits per heavy atom. The normalized spacial score (nSPS) is 13.1. The Balaban J connectivity index is 2.58. The van der Waals surface area contributed by atoms with Gasteiger partial charge < -0.3 is 16.2 Å². The number of hydrogen-bond donors (Lipinski definition) is 3. The van der Waals surface area contributed by atoms with Crippen LogP contribution < -0.4 is 11.1 Å². The number of carbonyl (C=O) groups is 1. The number of nitrogens with two attached hydrogens (primary N) is 1. The van der Waals surface area contributed by atoms with E-state index in [2.05, 4.69) is 11.9 Å². The van der Waals surface area contributed by atoms with E-state index in [1.54, 1.807) is 11.3 Å². The summed E-state index contributed by atoms with van der Waals surface area (Å²) in [5.41, 5.74) is 6.67. The molecule has 0 fully saturated rings. The van der Waals surface area contributed by atoms with Crippen molar-refractivity contribution in [2.24, 2.45) is 5.73 Å². The highest BCUT2D eigenvalue weighted by Crippen LogP contribution is 2.09. The molecule has 0 saturated carbocycles. The lowest BCUT2D eigenvalue weighted by molar-refractivity contribution is -0.118. The first kappa shape index (κ1) is 13.5. The van der Waals surface area contributed by atoms with Crippen LogP contribution in [-0.4, -0.2) is 23.7 Å². The van der Waals surface area contributed by atoms with E-state index < -0.39 is 0 Å². The van der Waals surface area contributed by atoms with Gasteiger partial charge in [-0.2, -0.15) is 11.3 Å². The van der Waals surface area contributed by atoms with Crippen LogP contribution in [0, 0.1) is 0 Å². The zero-order valence-electron chi connectivity index (χ0n) is 9.43. The summed E-state index contributed by atoms with van der Waals surface area (Å²) in [5.74, 6) is -0.322. The molecule has 1 heterocycles. The first-order valence-electron chi connectivity index (χ1n) is 5.18. The van der Waals surface area contributed by atoms with Gasteiger partial charge in [-0.05, 0) is 28.8 Å². The van der Waals surface area contributed by atoms with Crippen LogP contribution in [0.1, 0.15) is 5.56 Å². The summed E-state index contributed by atoms with van der Waals surface area (Å²) in [4.78, 5) is 11.7. The number of aliphatic hydroxyl groups excluding tert-OH is 1. The van der Waals surface area contributed by atoms with Crippen LogP contribution in [0.3, 0.4) is 0 Å². The third-order valence-corrected chi connectivity index (χ3v) is 3.01. The minimum atomic E-state index is -0.322. The molecule has 0 aliphatic carbocycles. The molecule has 0 saturated heterocycles. The number of amides is 1. The number of rotatable bonds is 6. The van der Waals surface area contributed by atoms with Gasteiger partial charge in [-0.15, -0.1) is 0 Å². The zero-order chi connectivity index (χ0) is 12.7. The van der Waals surface area contributed by atoms with Crippen molar-refractivity contribution in [3.8, 4) is 0 Å². The summed E-state index contributed by atoms with van der Waals surface area (Å²) in [5, 5.41) is 15.9. The quantitative estimate of drug-likeness (QED) is 0.518. The second-order valence-corrected chi connectivity index (χ2v) is 4.29. The first-order valence-corrected chi connectivity index (χ1v) is 6.12. The maximum atomic E-state index is 11.7. The summed E-state index contributed by atoms with van der Waals surface area (Å²) in [6, 6.07) is 1.65. The second-order valence-electron chi connectivity index (χ2n) is 3.51. The van der Waals surface area contributed by atoms with Crippen LogP contribution in [0.15, 0.2) is 41.3 Å². The second kappa shape index (κ2) is 6.88. The summed E-state index contributed by atoms with van der Waals surface area (Å²) in [6.07, 6.45) is 3.18. The molecule has 92 valence electrons. The molecule has 0 aliphatic heterocycles. The summed E-state index contributed by atoms with van der Waals surface area (Å²) >= 11 is 1.58. The fourth-order valence-electron chi connectivity index (χ4n) is 1.36. The monoisotopic (exact) mass is 252 g/mol. The molecule has 1 aromatic rings. The Morgan fingerprint density at radius 3 is 2.94 bits per heavy atom. The van der Waals surface area contributed by atoms with E-state index in [4.69, 9.17) is 5.73 Å². The van der Waals surface area contributed by atoms with Gasteiger partial charge in [-0.3, -0.25) is 4.79 Å². The van der Waals surface area contributed by atoms with E-state index in [9.17, 15) is 9.90 Å². The van der Waals surface area contributed by atoms with Gasteiger partial charge in [0.1, 0.15) is 0 Å².